The zero-order chi connectivity index (χ0) is 12.3. The Hall–Kier alpha value is -2.05. The van der Waals surface area contributed by atoms with E-state index in [9.17, 15) is 9.59 Å². The third kappa shape index (κ3) is 2.96. The number of carbonyl (C=O) groups excluding carboxylic acids is 1. The highest BCUT2D eigenvalue weighted by atomic mass is 16.4. The Morgan fingerprint density at radius 3 is 2.76 bits per heavy atom. The number of aliphatic carboxylic acids is 1. The van der Waals surface area contributed by atoms with Gasteiger partial charge >= 0.3 is 12.0 Å². The van der Waals surface area contributed by atoms with E-state index in [4.69, 9.17) is 5.11 Å². The summed E-state index contributed by atoms with van der Waals surface area (Å²) in [5.41, 5.74) is 0.517. The molecule has 2 amide bonds. The molecule has 92 valence electrons. The van der Waals surface area contributed by atoms with Crippen LogP contribution in [0.4, 0.5) is 10.5 Å². The molecule has 2 heterocycles. The number of anilines is 1. The molecule has 17 heavy (non-hydrogen) atoms. The standard InChI is InChI=1S/C10H14N4O3/c15-9(16)7-14-6-8(5-11-14)12-10(17)13-3-1-2-4-13/h5-6H,1-4,7H2,(H,12,17)(H,15,16). The molecule has 0 bridgehead atoms. The number of urea groups is 1. The Morgan fingerprint density at radius 2 is 2.12 bits per heavy atom. The predicted molar refractivity (Wildman–Crippen MR) is 59.7 cm³/mol. The van der Waals surface area contributed by atoms with Gasteiger partial charge in [0.15, 0.2) is 0 Å². The number of amides is 2. The van der Waals surface area contributed by atoms with Gasteiger partial charge in [0.1, 0.15) is 6.54 Å². The van der Waals surface area contributed by atoms with Gasteiger partial charge in [-0.2, -0.15) is 5.10 Å². The first kappa shape index (κ1) is 11.4. The number of carboxylic acids is 1. The van der Waals surface area contributed by atoms with E-state index in [1.807, 2.05) is 0 Å². The summed E-state index contributed by atoms with van der Waals surface area (Å²) in [4.78, 5) is 23.9. The minimum absolute atomic E-state index is 0.155. The summed E-state index contributed by atoms with van der Waals surface area (Å²) >= 11 is 0. The molecule has 1 aliphatic rings. The number of nitrogens with zero attached hydrogens (tertiary/aromatic N) is 3. The van der Waals surface area contributed by atoms with E-state index in [1.54, 1.807) is 4.90 Å². The average Bonchev–Trinajstić information content (AvgIpc) is 2.87. The zero-order valence-corrected chi connectivity index (χ0v) is 9.30. The van der Waals surface area contributed by atoms with Crippen molar-refractivity contribution >= 4 is 17.7 Å². The lowest BCUT2D eigenvalue weighted by Gasteiger charge is -2.14. The van der Waals surface area contributed by atoms with Crippen molar-refractivity contribution < 1.29 is 14.7 Å². The van der Waals surface area contributed by atoms with Crippen molar-refractivity contribution in [1.82, 2.24) is 14.7 Å². The zero-order valence-electron chi connectivity index (χ0n) is 9.30. The molecule has 0 aromatic carbocycles. The lowest BCUT2D eigenvalue weighted by molar-refractivity contribution is -0.137. The summed E-state index contributed by atoms with van der Waals surface area (Å²) in [6.45, 7) is 1.34. The molecule has 1 aromatic heterocycles. The number of carboxylic acid groups (broad SMARTS) is 1. The third-order valence-corrected chi connectivity index (χ3v) is 2.58. The molecule has 2 rings (SSSR count). The minimum atomic E-state index is -0.967. The Bertz CT molecular complexity index is 423. The third-order valence-electron chi connectivity index (χ3n) is 2.58. The largest absolute Gasteiger partial charge is 0.480 e. The van der Waals surface area contributed by atoms with Crippen LogP contribution >= 0.6 is 0 Å². The molecule has 7 heteroatoms. The van der Waals surface area contributed by atoms with Gasteiger partial charge in [-0.15, -0.1) is 0 Å². The molecule has 1 aromatic rings. The highest BCUT2D eigenvalue weighted by molar-refractivity contribution is 5.89. The average molecular weight is 238 g/mol. The van der Waals surface area contributed by atoms with Crippen LogP contribution in [0, 0.1) is 0 Å². The Balaban J connectivity index is 1.91. The summed E-state index contributed by atoms with van der Waals surface area (Å²) in [6.07, 6.45) is 5.01. The van der Waals surface area contributed by atoms with Crippen molar-refractivity contribution in [3.05, 3.63) is 12.4 Å². The number of carbonyl (C=O) groups is 2. The van der Waals surface area contributed by atoms with E-state index < -0.39 is 5.97 Å². The van der Waals surface area contributed by atoms with Gasteiger partial charge < -0.3 is 15.3 Å². The number of nitrogens with one attached hydrogen (secondary N) is 1. The summed E-state index contributed by atoms with van der Waals surface area (Å²) in [7, 11) is 0. The van der Waals surface area contributed by atoms with Crippen molar-refractivity contribution in [3.8, 4) is 0 Å². The molecule has 1 fully saturated rings. The van der Waals surface area contributed by atoms with Crippen LogP contribution in [0.1, 0.15) is 12.8 Å². The summed E-state index contributed by atoms with van der Waals surface area (Å²) in [5.74, 6) is -0.967. The number of hydrogen-bond acceptors (Lipinski definition) is 3. The topological polar surface area (TPSA) is 87.5 Å². The normalized spacial score (nSPS) is 14.9. The van der Waals surface area contributed by atoms with E-state index in [1.165, 1.54) is 17.1 Å². The Kier molecular flexibility index (Phi) is 3.27. The van der Waals surface area contributed by atoms with Gasteiger partial charge in [-0.1, -0.05) is 0 Å². The van der Waals surface area contributed by atoms with E-state index in [0.29, 0.717) is 5.69 Å². The second-order valence-electron chi connectivity index (χ2n) is 3.94. The molecule has 0 spiro atoms. The van der Waals surface area contributed by atoms with Gasteiger partial charge in [0.05, 0.1) is 11.9 Å². The maximum absolute atomic E-state index is 11.7. The smallest absolute Gasteiger partial charge is 0.325 e. The molecular weight excluding hydrogens is 224 g/mol. The van der Waals surface area contributed by atoms with E-state index in [-0.39, 0.29) is 12.6 Å². The van der Waals surface area contributed by atoms with E-state index in [0.717, 1.165) is 25.9 Å². The van der Waals surface area contributed by atoms with Crippen LogP contribution in [0.3, 0.4) is 0 Å². The van der Waals surface area contributed by atoms with E-state index in [2.05, 4.69) is 10.4 Å². The first-order valence-corrected chi connectivity index (χ1v) is 5.45. The monoisotopic (exact) mass is 238 g/mol. The van der Waals surface area contributed by atoms with E-state index >= 15 is 0 Å². The minimum Gasteiger partial charge on any atom is -0.480 e. The summed E-state index contributed by atoms with van der Waals surface area (Å²) < 4.78 is 1.27. The SMILES string of the molecule is O=C(O)Cn1cc(NC(=O)N2CCCC2)cn1. The lowest BCUT2D eigenvalue weighted by atomic mass is 10.4. The fourth-order valence-corrected chi connectivity index (χ4v) is 1.78. The van der Waals surface area contributed by atoms with Gasteiger partial charge in [-0.3, -0.25) is 9.48 Å². The highest BCUT2D eigenvalue weighted by Crippen LogP contribution is 2.11. The van der Waals surface area contributed by atoms with Crippen LogP contribution < -0.4 is 5.32 Å². The van der Waals surface area contributed by atoms with Crippen LogP contribution in [0.5, 0.6) is 0 Å². The van der Waals surface area contributed by atoms with Crippen molar-refractivity contribution in [2.24, 2.45) is 0 Å². The quantitative estimate of drug-likeness (QED) is 0.807. The second-order valence-corrected chi connectivity index (χ2v) is 3.94. The molecule has 7 nitrogen and oxygen atoms in total. The highest BCUT2D eigenvalue weighted by Gasteiger charge is 2.18. The number of aromatic nitrogens is 2. The molecule has 0 aliphatic carbocycles. The van der Waals surface area contributed by atoms with Gasteiger partial charge in [0.25, 0.3) is 0 Å². The number of likely N-dealkylation sites (tertiary alicyclic amines) is 1. The Morgan fingerprint density at radius 1 is 1.41 bits per heavy atom. The van der Waals surface area contributed by atoms with Gasteiger partial charge in [-0.25, -0.2) is 4.79 Å². The van der Waals surface area contributed by atoms with Crippen LogP contribution in [-0.4, -0.2) is 44.9 Å². The Labute approximate surface area is 98.0 Å². The molecule has 1 aliphatic heterocycles. The number of hydrogen-bond donors (Lipinski definition) is 2. The van der Waals surface area contributed by atoms with Crippen molar-refractivity contribution in [3.63, 3.8) is 0 Å². The lowest BCUT2D eigenvalue weighted by Crippen LogP contribution is -2.31. The van der Waals surface area contributed by atoms with Crippen LogP contribution in [0.2, 0.25) is 0 Å². The second kappa shape index (κ2) is 4.86. The fraction of sp³-hybridized carbons (Fsp3) is 0.500. The van der Waals surface area contributed by atoms with Crippen molar-refractivity contribution in [1.29, 1.82) is 0 Å². The van der Waals surface area contributed by atoms with Crippen molar-refractivity contribution in [2.75, 3.05) is 18.4 Å². The molecule has 0 unspecified atom stereocenters. The molecule has 0 saturated carbocycles. The molecule has 0 atom stereocenters. The van der Waals surface area contributed by atoms with Crippen LogP contribution in [0.15, 0.2) is 12.4 Å². The molecule has 1 saturated heterocycles. The molecular formula is C10H14N4O3. The van der Waals surface area contributed by atoms with Crippen LogP contribution in [-0.2, 0) is 11.3 Å². The summed E-state index contributed by atoms with van der Waals surface area (Å²) in [5, 5.41) is 15.1. The van der Waals surface area contributed by atoms with Gasteiger partial charge in [0.2, 0.25) is 0 Å². The molecule has 2 N–H and O–H groups in total. The van der Waals surface area contributed by atoms with Gasteiger partial charge in [0, 0.05) is 19.3 Å². The first-order chi connectivity index (χ1) is 8.15. The van der Waals surface area contributed by atoms with Gasteiger partial charge in [-0.05, 0) is 12.8 Å². The maximum Gasteiger partial charge on any atom is 0.325 e. The van der Waals surface area contributed by atoms with Crippen LogP contribution in [0.25, 0.3) is 0 Å². The molecule has 0 radical (unpaired) electrons. The number of rotatable bonds is 3. The fourth-order valence-electron chi connectivity index (χ4n) is 1.78. The predicted octanol–water partition coefficient (Wildman–Crippen LogP) is 0.595. The van der Waals surface area contributed by atoms with Crippen molar-refractivity contribution in [2.45, 2.75) is 19.4 Å². The maximum atomic E-state index is 11.7. The summed E-state index contributed by atoms with van der Waals surface area (Å²) in [6, 6.07) is -0.155. The first-order valence-electron chi connectivity index (χ1n) is 5.45.